The fraction of sp³-hybridized carbons (Fsp3) is 0.438. The van der Waals surface area contributed by atoms with E-state index in [9.17, 15) is 18.0 Å². The first-order valence-electron chi connectivity index (χ1n) is 6.97. The quantitative estimate of drug-likeness (QED) is 0.587. The predicted octanol–water partition coefficient (Wildman–Crippen LogP) is 4.61. The van der Waals surface area contributed by atoms with Crippen molar-refractivity contribution in [3.05, 3.63) is 28.2 Å². The third kappa shape index (κ3) is 8.67. The molecule has 0 atom stereocenters. The Morgan fingerprint density at radius 3 is 2.50 bits per heavy atom. The summed E-state index contributed by atoms with van der Waals surface area (Å²) in [5.74, 6) is 5.29. The van der Waals surface area contributed by atoms with Gasteiger partial charge in [0.05, 0.1) is 0 Å². The number of halogens is 4. The van der Waals surface area contributed by atoms with Crippen molar-refractivity contribution >= 4 is 22.0 Å². The molecule has 132 valence electrons. The molecule has 0 aliphatic heterocycles. The average molecular weight is 408 g/mol. The molecule has 0 spiro atoms. The number of rotatable bonds is 3. The van der Waals surface area contributed by atoms with Crippen LogP contribution in [0.2, 0.25) is 0 Å². The van der Waals surface area contributed by atoms with Crippen molar-refractivity contribution in [2.24, 2.45) is 0 Å². The standard InChI is InChI=1S/C16H17BrF3NO3/c1-15(2,3)24-14(22)21-9-5-4-6-11-7-8-12(10-13(11)17)23-16(18,19)20/h7-8,10H,5,9H2,1-3H3,(H,21,22). The summed E-state index contributed by atoms with van der Waals surface area (Å²) in [5.41, 5.74) is -0.0530. The number of nitrogens with one attached hydrogen (secondary N) is 1. The van der Waals surface area contributed by atoms with Crippen molar-refractivity contribution in [2.75, 3.05) is 6.54 Å². The largest absolute Gasteiger partial charge is 0.573 e. The van der Waals surface area contributed by atoms with Gasteiger partial charge in [-0.2, -0.15) is 0 Å². The Bertz CT molecular complexity index is 643. The first-order chi connectivity index (χ1) is 11.0. The fourth-order valence-corrected chi connectivity index (χ4v) is 1.95. The molecule has 0 radical (unpaired) electrons. The number of hydrogen-bond donors (Lipinski definition) is 1. The van der Waals surface area contributed by atoms with Crippen LogP contribution in [0.3, 0.4) is 0 Å². The van der Waals surface area contributed by atoms with E-state index in [0.29, 0.717) is 23.0 Å². The molecular weight excluding hydrogens is 391 g/mol. The minimum Gasteiger partial charge on any atom is -0.444 e. The molecule has 1 rings (SSSR count). The lowest BCUT2D eigenvalue weighted by Gasteiger charge is -2.19. The van der Waals surface area contributed by atoms with Crippen molar-refractivity contribution in [3.63, 3.8) is 0 Å². The Hall–Kier alpha value is -1.88. The normalized spacial score (nSPS) is 11.3. The highest BCUT2D eigenvalue weighted by atomic mass is 79.9. The third-order valence-electron chi connectivity index (χ3n) is 2.32. The molecule has 0 heterocycles. The summed E-state index contributed by atoms with van der Waals surface area (Å²) in [6, 6.07) is 3.79. The van der Waals surface area contributed by atoms with Crippen LogP contribution in [0.4, 0.5) is 18.0 Å². The summed E-state index contributed by atoms with van der Waals surface area (Å²) in [6.45, 7) is 5.58. The minimum atomic E-state index is -4.74. The van der Waals surface area contributed by atoms with E-state index in [4.69, 9.17) is 4.74 Å². The van der Waals surface area contributed by atoms with Gasteiger partial charge < -0.3 is 14.8 Å². The molecule has 0 bridgehead atoms. The Labute approximate surface area is 146 Å². The van der Waals surface area contributed by atoms with E-state index < -0.39 is 18.1 Å². The molecule has 1 N–H and O–H groups in total. The van der Waals surface area contributed by atoms with Gasteiger partial charge in [-0.05, 0) is 54.9 Å². The molecule has 0 unspecified atom stereocenters. The van der Waals surface area contributed by atoms with E-state index >= 15 is 0 Å². The summed E-state index contributed by atoms with van der Waals surface area (Å²) >= 11 is 3.14. The predicted molar refractivity (Wildman–Crippen MR) is 86.6 cm³/mol. The summed E-state index contributed by atoms with van der Waals surface area (Å²) < 4.78 is 45.6. The van der Waals surface area contributed by atoms with E-state index in [0.717, 1.165) is 0 Å². The van der Waals surface area contributed by atoms with Gasteiger partial charge in [-0.1, -0.05) is 11.8 Å². The van der Waals surface area contributed by atoms with Gasteiger partial charge in [0.2, 0.25) is 0 Å². The van der Waals surface area contributed by atoms with Crippen molar-refractivity contribution in [2.45, 2.75) is 39.2 Å². The van der Waals surface area contributed by atoms with Crippen molar-refractivity contribution in [3.8, 4) is 17.6 Å². The summed E-state index contributed by atoms with van der Waals surface area (Å²) in [6.07, 6.45) is -4.90. The highest BCUT2D eigenvalue weighted by molar-refractivity contribution is 9.10. The molecule has 24 heavy (non-hydrogen) atoms. The van der Waals surface area contributed by atoms with Gasteiger partial charge in [0, 0.05) is 23.0 Å². The van der Waals surface area contributed by atoms with Gasteiger partial charge in [-0.15, -0.1) is 13.2 Å². The molecule has 0 aliphatic rings. The van der Waals surface area contributed by atoms with Gasteiger partial charge in [0.1, 0.15) is 11.4 Å². The lowest BCUT2D eigenvalue weighted by molar-refractivity contribution is -0.274. The Balaban J connectivity index is 2.51. The van der Waals surface area contributed by atoms with Crippen LogP contribution in [-0.2, 0) is 4.74 Å². The Morgan fingerprint density at radius 2 is 1.96 bits per heavy atom. The molecule has 1 amide bonds. The van der Waals surface area contributed by atoms with Gasteiger partial charge in [0.25, 0.3) is 0 Å². The summed E-state index contributed by atoms with van der Waals surface area (Å²) in [5, 5.41) is 2.55. The fourth-order valence-electron chi connectivity index (χ4n) is 1.49. The Kier molecular flexibility index (Phi) is 6.96. The average Bonchev–Trinajstić information content (AvgIpc) is 2.36. The van der Waals surface area contributed by atoms with E-state index in [1.165, 1.54) is 18.2 Å². The molecule has 0 aliphatic carbocycles. The van der Waals surface area contributed by atoms with Crippen LogP contribution in [0, 0.1) is 11.8 Å². The first-order valence-corrected chi connectivity index (χ1v) is 7.76. The number of alkyl carbamates (subject to hydrolysis) is 1. The summed E-state index contributed by atoms with van der Waals surface area (Å²) in [7, 11) is 0. The van der Waals surface area contributed by atoms with Crippen LogP contribution >= 0.6 is 15.9 Å². The number of carbonyl (C=O) groups is 1. The van der Waals surface area contributed by atoms with E-state index in [1.807, 2.05) is 0 Å². The van der Waals surface area contributed by atoms with Gasteiger partial charge in [-0.25, -0.2) is 4.79 Å². The Morgan fingerprint density at radius 1 is 1.29 bits per heavy atom. The minimum absolute atomic E-state index is 0.300. The topological polar surface area (TPSA) is 47.6 Å². The highest BCUT2D eigenvalue weighted by Crippen LogP contribution is 2.27. The zero-order valence-electron chi connectivity index (χ0n) is 13.4. The number of benzene rings is 1. The van der Waals surface area contributed by atoms with Crippen molar-refractivity contribution < 1.29 is 27.4 Å². The van der Waals surface area contributed by atoms with E-state index in [-0.39, 0.29) is 5.75 Å². The highest BCUT2D eigenvalue weighted by Gasteiger charge is 2.31. The van der Waals surface area contributed by atoms with Crippen LogP contribution in [0.25, 0.3) is 0 Å². The molecular formula is C16H17BrF3NO3. The number of amides is 1. The van der Waals surface area contributed by atoms with E-state index in [2.05, 4.69) is 37.8 Å². The first kappa shape index (κ1) is 20.2. The number of hydrogen-bond acceptors (Lipinski definition) is 3. The van der Waals surface area contributed by atoms with Crippen LogP contribution in [0.15, 0.2) is 22.7 Å². The second-order valence-corrected chi connectivity index (χ2v) is 6.52. The molecule has 1 aromatic carbocycles. The number of ether oxygens (including phenoxy) is 2. The van der Waals surface area contributed by atoms with Crippen LogP contribution in [-0.4, -0.2) is 24.6 Å². The second kappa shape index (κ2) is 8.29. The number of alkyl halides is 3. The maximum absolute atomic E-state index is 12.1. The molecule has 0 saturated heterocycles. The van der Waals surface area contributed by atoms with Gasteiger partial charge in [0.15, 0.2) is 0 Å². The molecule has 8 heteroatoms. The molecule has 0 aromatic heterocycles. The van der Waals surface area contributed by atoms with Gasteiger partial charge in [-0.3, -0.25) is 0 Å². The molecule has 4 nitrogen and oxygen atoms in total. The van der Waals surface area contributed by atoms with Gasteiger partial charge >= 0.3 is 12.5 Å². The maximum atomic E-state index is 12.1. The monoisotopic (exact) mass is 407 g/mol. The third-order valence-corrected chi connectivity index (χ3v) is 2.97. The molecule has 1 aromatic rings. The van der Waals surface area contributed by atoms with Crippen LogP contribution in [0.1, 0.15) is 32.8 Å². The smallest absolute Gasteiger partial charge is 0.444 e. The SMILES string of the molecule is CC(C)(C)OC(=O)NCCC#Cc1ccc(OC(F)(F)F)cc1Br. The lowest BCUT2D eigenvalue weighted by Crippen LogP contribution is -2.32. The second-order valence-electron chi connectivity index (χ2n) is 5.67. The van der Waals surface area contributed by atoms with Crippen LogP contribution in [0.5, 0.6) is 5.75 Å². The lowest BCUT2D eigenvalue weighted by atomic mass is 10.2. The number of carbonyl (C=O) groups excluding carboxylic acids is 1. The van der Waals surface area contributed by atoms with Crippen molar-refractivity contribution in [1.29, 1.82) is 0 Å². The molecule has 0 fully saturated rings. The zero-order chi connectivity index (χ0) is 18.4. The molecule has 0 saturated carbocycles. The van der Waals surface area contributed by atoms with E-state index in [1.54, 1.807) is 20.8 Å². The maximum Gasteiger partial charge on any atom is 0.573 e. The summed E-state index contributed by atoms with van der Waals surface area (Å²) in [4.78, 5) is 11.4. The van der Waals surface area contributed by atoms with Crippen LogP contribution < -0.4 is 10.1 Å². The zero-order valence-corrected chi connectivity index (χ0v) is 15.0. The van der Waals surface area contributed by atoms with Crippen molar-refractivity contribution in [1.82, 2.24) is 5.32 Å².